The van der Waals surface area contributed by atoms with Crippen LogP contribution in [-0.4, -0.2) is 30.1 Å². The molecule has 0 unspecified atom stereocenters. The van der Waals surface area contributed by atoms with Gasteiger partial charge < -0.3 is 10.1 Å². The average molecular weight is 342 g/mol. The number of anilines is 1. The van der Waals surface area contributed by atoms with Gasteiger partial charge in [-0.2, -0.15) is 5.10 Å². The van der Waals surface area contributed by atoms with E-state index in [0.29, 0.717) is 11.4 Å². The van der Waals surface area contributed by atoms with Crippen LogP contribution in [0.5, 0.6) is 5.75 Å². The van der Waals surface area contributed by atoms with Crippen molar-refractivity contribution in [3.05, 3.63) is 64.2 Å². The summed E-state index contributed by atoms with van der Waals surface area (Å²) in [5, 5.41) is 16.8. The summed E-state index contributed by atoms with van der Waals surface area (Å²) in [6, 6.07) is 12.3. The zero-order valence-electron chi connectivity index (χ0n) is 13.1. The Morgan fingerprint density at radius 2 is 1.80 bits per heavy atom. The number of amides is 2. The van der Waals surface area contributed by atoms with Gasteiger partial charge in [0.2, 0.25) is 0 Å². The van der Waals surface area contributed by atoms with Crippen LogP contribution >= 0.6 is 0 Å². The molecule has 0 spiro atoms. The highest BCUT2D eigenvalue weighted by molar-refractivity contribution is 6.39. The molecule has 0 aromatic heterocycles. The van der Waals surface area contributed by atoms with Crippen molar-refractivity contribution in [3.63, 3.8) is 0 Å². The van der Waals surface area contributed by atoms with Gasteiger partial charge >= 0.3 is 11.8 Å². The highest BCUT2D eigenvalue weighted by Crippen LogP contribution is 2.15. The van der Waals surface area contributed by atoms with Gasteiger partial charge in [0.15, 0.2) is 0 Å². The molecule has 0 aliphatic heterocycles. The number of carbonyl (C=O) groups excluding carboxylic acids is 2. The lowest BCUT2D eigenvalue weighted by Gasteiger charge is -2.05. The summed E-state index contributed by atoms with van der Waals surface area (Å²) in [6.07, 6.45) is 1.09. The van der Waals surface area contributed by atoms with Gasteiger partial charge in [0.25, 0.3) is 5.69 Å². The van der Waals surface area contributed by atoms with Crippen LogP contribution in [0.1, 0.15) is 5.56 Å². The smallest absolute Gasteiger partial charge is 0.329 e. The molecule has 0 aliphatic carbocycles. The molecule has 0 saturated heterocycles. The van der Waals surface area contributed by atoms with Gasteiger partial charge in [-0.15, -0.1) is 0 Å². The fraction of sp³-hybridized carbons (Fsp3) is 0.0625. The number of hydrogen-bond acceptors (Lipinski definition) is 6. The van der Waals surface area contributed by atoms with E-state index in [9.17, 15) is 19.7 Å². The van der Waals surface area contributed by atoms with Crippen LogP contribution in [0.3, 0.4) is 0 Å². The summed E-state index contributed by atoms with van der Waals surface area (Å²) in [5.74, 6) is -1.33. The standard InChI is InChI=1S/C16H14N4O5/c1-25-13-8-6-12(7-9-13)18-15(21)16(22)19-17-10-11-4-2-3-5-14(11)20(23)24/h2-10H,1H3,(H,18,21)(H,19,22)/b17-10-. The van der Waals surface area contributed by atoms with E-state index in [2.05, 4.69) is 10.4 Å². The lowest BCUT2D eigenvalue weighted by atomic mass is 10.2. The summed E-state index contributed by atoms with van der Waals surface area (Å²) in [6.45, 7) is 0. The largest absolute Gasteiger partial charge is 0.497 e. The molecule has 0 fully saturated rings. The van der Waals surface area contributed by atoms with Crippen molar-refractivity contribution in [2.75, 3.05) is 12.4 Å². The molecule has 2 N–H and O–H groups in total. The lowest BCUT2D eigenvalue weighted by molar-refractivity contribution is -0.385. The Labute approximate surface area is 142 Å². The van der Waals surface area contributed by atoms with E-state index in [0.717, 1.165) is 6.21 Å². The van der Waals surface area contributed by atoms with E-state index in [1.807, 2.05) is 5.43 Å². The molecule has 2 aromatic rings. The number of methoxy groups -OCH3 is 1. The molecular weight excluding hydrogens is 328 g/mol. The topological polar surface area (TPSA) is 123 Å². The Hall–Kier alpha value is -3.75. The molecule has 128 valence electrons. The number of nitrogens with zero attached hydrogens (tertiary/aromatic N) is 2. The van der Waals surface area contributed by atoms with Crippen LogP contribution in [0, 0.1) is 10.1 Å². The van der Waals surface area contributed by atoms with Crippen LogP contribution in [0.25, 0.3) is 0 Å². The SMILES string of the molecule is COc1ccc(NC(=O)C(=O)N/N=C\c2ccccc2[N+](=O)[O-])cc1. The minimum atomic E-state index is -1.01. The molecule has 2 aromatic carbocycles. The molecule has 0 atom stereocenters. The zero-order chi connectivity index (χ0) is 18.2. The van der Waals surface area contributed by atoms with E-state index in [1.165, 1.54) is 25.3 Å². The summed E-state index contributed by atoms with van der Waals surface area (Å²) >= 11 is 0. The third kappa shape index (κ3) is 4.86. The van der Waals surface area contributed by atoms with Crippen LogP contribution in [0.4, 0.5) is 11.4 Å². The average Bonchev–Trinajstić information content (AvgIpc) is 2.62. The molecule has 0 aliphatic rings. The van der Waals surface area contributed by atoms with Gasteiger partial charge in [-0.05, 0) is 30.3 Å². The number of hydrazone groups is 1. The Kier molecular flexibility index (Phi) is 5.77. The van der Waals surface area contributed by atoms with Crippen LogP contribution in [-0.2, 0) is 9.59 Å². The van der Waals surface area contributed by atoms with Crippen LogP contribution in [0.2, 0.25) is 0 Å². The van der Waals surface area contributed by atoms with Crippen molar-refractivity contribution in [3.8, 4) is 5.75 Å². The predicted octanol–water partition coefficient (Wildman–Crippen LogP) is 1.69. The third-order valence-corrected chi connectivity index (χ3v) is 3.06. The first kappa shape index (κ1) is 17.6. The zero-order valence-corrected chi connectivity index (χ0v) is 13.1. The first-order valence-corrected chi connectivity index (χ1v) is 7.03. The number of nitrogens with one attached hydrogen (secondary N) is 2. The van der Waals surface area contributed by atoms with Crippen molar-refractivity contribution in [2.45, 2.75) is 0 Å². The van der Waals surface area contributed by atoms with E-state index >= 15 is 0 Å². The number of para-hydroxylation sites is 1. The molecule has 0 saturated carbocycles. The molecule has 0 radical (unpaired) electrons. The fourth-order valence-electron chi connectivity index (χ4n) is 1.84. The Morgan fingerprint density at radius 1 is 1.12 bits per heavy atom. The van der Waals surface area contributed by atoms with E-state index < -0.39 is 16.7 Å². The number of carbonyl (C=O) groups is 2. The number of hydrogen-bond donors (Lipinski definition) is 2. The van der Waals surface area contributed by atoms with Crippen molar-refractivity contribution in [1.29, 1.82) is 0 Å². The Balaban J connectivity index is 1.95. The van der Waals surface area contributed by atoms with Crippen molar-refractivity contribution in [1.82, 2.24) is 5.43 Å². The normalized spacial score (nSPS) is 10.3. The molecule has 9 nitrogen and oxygen atoms in total. The van der Waals surface area contributed by atoms with E-state index in [-0.39, 0.29) is 11.3 Å². The maximum atomic E-state index is 11.7. The molecule has 0 heterocycles. The lowest BCUT2D eigenvalue weighted by Crippen LogP contribution is -2.32. The maximum absolute atomic E-state index is 11.7. The number of ether oxygens (including phenoxy) is 1. The number of rotatable bonds is 5. The quantitative estimate of drug-likeness (QED) is 0.370. The van der Waals surface area contributed by atoms with Gasteiger partial charge in [-0.3, -0.25) is 19.7 Å². The molecule has 2 amide bonds. The monoisotopic (exact) mass is 342 g/mol. The Morgan fingerprint density at radius 3 is 2.44 bits per heavy atom. The molecule has 0 bridgehead atoms. The molecular formula is C16H14N4O5. The van der Waals surface area contributed by atoms with Crippen molar-refractivity contribution in [2.24, 2.45) is 5.10 Å². The third-order valence-electron chi connectivity index (χ3n) is 3.06. The summed E-state index contributed by atoms with van der Waals surface area (Å²) in [5.41, 5.74) is 2.45. The van der Waals surface area contributed by atoms with Crippen molar-refractivity contribution < 1.29 is 19.2 Å². The first-order chi connectivity index (χ1) is 12.0. The summed E-state index contributed by atoms with van der Waals surface area (Å²) in [4.78, 5) is 33.7. The molecule has 25 heavy (non-hydrogen) atoms. The molecule has 2 rings (SSSR count). The van der Waals surface area contributed by atoms with Gasteiger partial charge in [-0.25, -0.2) is 5.43 Å². The minimum absolute atomic E-state index is 0.164. The first-order valence-electron chi connectivity index (χ1n) is 7.03. The van der Waals surface area contributed by atoms with Crippen LogP contribution in [0.15, 0.2) is 53.6 Å². The second kappa shape index (κ2) is 8.20. The predicted molar refractivity (Wildman–Crippen MR) is 90.5 cm³/mol. The van der Waals surface area contributed by atoms with E-state index in [4.69, 9.17) is 4.74 Å². The summed E-state index contributed by atoms with van der Waals surface area (Å²) < 4.78 is 4.98. The summed E-state index contributed by atoms with van der Waals surface area (Å²) in [7, 11) is 1.51. The number of nitro benzene ring substituents is 1. The fourth-order valence-corrected chi connectivity index (χ4v) is 1.84. The number of nitro groups is 1. The Bertz CT molecular complexity index is 818. The number of benzene rings is 2. The van der Waals surface area contributed by atoms with Crippen LogP contribution < -0.4 is 15.5 Å². The second-order valence-electron chi connectivity index (χ2n) is 4.70. The maximum Gasteiger partial charge on any atom is 0.329 e. The van der Waals surface area contributed by atoms with Crippen molar-refractivity contribution >= 4 is 29.4 Å². The second-order valence-corrected chi connectivity index (χ2v) is 4.70. The molecule has 9 heteroatoms. The van der Waals surface area contributed by atoms with Gasteiger partial charge in [-0.1, -0.05) is 12.1 Å². The highest BCUT2D eigenvalue weighted by atomic mass is 16.6. The van der Waals surface area contributed by atoms with E-state index in [1.54, 1.807) is 30.3 Å². The van der Waals surface area contributed by atoms with Gasteiger partial charge in [0.1, 0.15) is 5.75 Å². The van der Waals surface area contributed by atoms with Gasteiger partial charge in [0, 0.05) is 11.8 Å². The highest BCUT2D eigenvalue weighted by Gasteiger charge is 2.14. The minimum Gasteiger partial charge on any atom is -0.497 e. The van der Waals surface area contributed by atoms with Gasteiger partial charge in [0.05, 0.1) is 23.8 Å².